The molecule has 5 heteroatoms. The number of carbonyl (C=O) groups excluding carboxylic acids is 1. The molecule has 0 aliphatic rings. The Balaban J connectivity index is 2.87. The summed E-state index contributed by atoms with van der Waals surface area (Å²) in [5.41, 5.74) is 0.372. The van der Waals surface area contributed by atoms with Crippen molar-refractivity contribution in [3.05, 3.63) is 11.9 Å². The van der Waals surface area contributed by atoms with Gasteiger partial charge in [0.1, 0.15) is 11.8 Å². The van der Waals surface area contributed by atoms with Crippen LogP contribution in [0.15, 0.2) is 6.20 Å². The molecular weight excluding hydrogens is 170 g/mol. The first-order chi connectivity index (χ1) is 6.16. The lowest BCUT2D eigenvalue weighted by atomic mass is 10.2. The third kappa shape index (κ3) is 2.12. The highest BCUT2D eigenvalue weighted by Crippen LogP contribution is 2.02. The van der Waals surface area contributed by atoms with E-state index in [1.807, 2.05) is 6.92 Å². The van der Waals surface area contributed by atoms with Crippen molar-refractivity contribution in [3.63, 3.8) is 0 Å². The van der Waals surface area contributed by atoms with E-state index in [2.05, 4.69) is 10.3 Å². The van der Waals surface area contributed by atoms with Gasteiger partial charge in [0, 0.05) is 6.54 Å². The minimum atomic E-state index is -0.992. The number of hydrogen-bond acceptors (Lipinski definition) is 4. The average Bonchev–Trinajstić information content (AvgIpc) is 2.52. The number of rotatable bonds is 4. The van der Waals surface area contributed by atoms with Gasteiger partial charge in [-0.25, -0.2) is 4.68 Å². The topological polar surface area (TPSA) is 68.0 Å². The molecule has 13 heavy (non-hydrogen) atoms. The van der Waals surface area contributed by atoms with Gasteiger partial charge in [0.15, 0.2) is 0 Å². The van der Waals surface area contributed by atoms with Crippen LogP contribution in [0.2, 0.25) is 0 Å². The fraction of sp³-hybridized carbons (Fsp3) is 0.625. The second-order valence-electron chi connectivity index (χ2n) is 2.88. The standard InChI is InChI=1S/C8H13N3O2/c1-3-4-11-7(5-9-10-11)8(13)6(2)12/h5-6,12H,3-4H2,1-2H3. The van der Waals surface area contributed by atoms with Gasteiger partial charge in [0.2, 0.25) is 5.78 Å². The maximum Gasteiger partial charge on any atom is 0.210 e. The van der Waals surface area contributed by atoms with Crippen LogP contribution in [0.3, 0.4) is 0 Å². The lowest BCUT2D eigenvalue weighted by molar-refractivity contribution is 0.0767. The highest BCUT2D eigenvalue weighted by Gasteiger charge is 2.17. The summed E-state index contributed by atoms with van der Waals surface area (Å²) in [4.78, 5) is 11.4. The molecule has 1 heterocycles. The second-order valence-corrected chi connectivity index (χ2v) is 2.88. The number of Topliss-reactive ketones (excluding diaryl/α,β-unsaturated/α-hetero) is 1. The highest BCUT2D eigenvalue weighted by molar-refractivity contribution is 5.97. The van der Waals surface area contributed by atoms with Gasteiger partial charge in [0.25, 0.3) is 0 Å². The van der Waals surface area contributed by atoms with Gasteiger partial charge in [-0.15, -0.1) is 5.10 Å². The molecule has 72 valence electrons. The summed E-state index contributed by atoms with van der Waals surface area (Å²) < 4.78 is 1.51. The Labute approximate surface area is 76.4 Å². The Morgan fingerprint density at radius 3 is 3.00 bits per heavy atom. The molecule has 0 amide bonds. The number of nitrogens with zero attached hydrogens (tertiary/aromatic N) is 3. The lowest BCUT2D eigenvalue weighted by Gasteiger charge is -2.04. The molecule has 1 aromatic heterocycles. The van der Waals surface area contributed by atoms with Crippen molar-refractivity contribution >= 4 is 5.78 Å². The number of aliphatic hydroxyl groups is 1. The summed E-state index contributed by atoms with van der Waals surface area (Å²) in [6.45, 7) is 4.07. The van der Waals surface area contributed by atoms with E-state index < -0.39 is 6.10 Å². The molecule has 0 radical (unpaired) electrons. The Kier molecular flexibility index (Phi) is 3.13. The molecule has 1 N–H and O–H groups in total. The summed E-state index contributed by atoms with van der Waals surface area (Å²) >= 11 is 0. The van der Waals surface area contributed by atoms with Crippen LogP contribution >= 0.6 is 0 Å². The van der Waals surface area contributed by atoms with E-state index in [4.69, 9.17) is 5.11 Å². The SMILES string of the molecule is CCCn1nncc1C(=O)C(C)O. The van der Waals surface area contributed by atoms with Crippen LogP contribution < -0.4 is 0 Å². The molecule has 1 rings (SSSR count). The minimum Gasteiger partial charge on any atom is -0.385 e. The Morgan fingerprint density at radius 1 is 1.77 bits per heavy atom. The van der Waals surface area contributed by atoms with E-state index in [1.54, 1.807) is 0 Å². The average molecular weight is 183 g/mol. The Morgan fingerprint density at radius 2 is 2.46 bits per heavy atom. The van der Waals surface area contributed by atoms with Crippen molar-refractivity contribution in [1.82, 2.24) is 15.0 Å². The molecular formula is C8H13N3O2. The molecule has 0 aliphatic heterocycles. The summed E-state index contributed by atoms with van der Waals surface area (Å²) in [5.74, 6) is -0.335. The van der Waals surface area contributed by atoms with Crippen LogP contribution in [0.4, 0.5) is 0 Å². The van der Waals surface area contributed by atoms with Crippen molar-refractivity contribution in [2.45, 2.75) is 32.9 Å². The molecule has 1 atom stereocenters. The number of aliphatic hydroxyl groups excluding tert-OH is 1. The van der Waals surface area contributed by atoms with Crippen LogP contribution in [-0.2, 0) is 6.54 Å². The largest absolute Gasteiger partial charge is 0.385 e. The van der Waals surface area contributed by atoms with E-state index in [0.717, 1.165) is 6.42 Å². The van der Waals surface area contributed by atoms with Crippen LogP contribution in [0.1, 0.15) is 30.8 Å². The fourth-order valence-corrected chi connectivity index (χ4v) is 1.04. The van der Waals surface area contributed by atoms with E-state index in [1.165, 1.54) is 17.8 Å². The first-order valence-corrected chi connectivity index (χ1v) is 4.27. The number of aromatic nitrogens is 3. The summed E-state index contributed by atoms with van der Waals surface area (Å²) in [5, 5.41) is 16.4. The van der Waals surface area contributed by atoms with Gasteiger partial charge in [-0.2, -0.15) is 0 Å². The first-order valence-electron chi connectivity index (χ1n) is 4.27. The molecule has 0 spiro atoms. The molecule has 1 unspecified atom stereocenters. The Hall–Kier alpha value is -1.23. The van der Waals surface area contributed by atoms with Crippen LogP contribution in [0, 0.1) is 0 Å². The number of ketones is 1. The van der Waals surface area contributed by atoms with Crippen LogP contribution in [0.25, 0.3) is 0 Å². The first kappa shape index (κ1) is 9.85. The molecule has 0 fully saturated rings. The highest BCUT2D eigenvalue weighted by atomic mass is 16.3. The zero-order chi connectivity index (χ0) is 9.84. The quantitative estimate of drug-likeness (QED) is 0.679. The maximum atomic E-state index is 11.4. The zero-order valence-corrected chi connectivity index (χ0v) is 7.77. The van der Waals surface area contributed by atoms with Gasteiger partial charge in [-0.05, 0) is 13.3 Å². The zero-order valence-electron chi connectivity index (χ0n) is 7.77. The molecule has 0 saturated carbocycles. The van der Waals surface area contributed by atoms with Gasteiger partial charge >= 0.3 is 0 Å². The second kappa shape index (κ2) is 4.13. The number of aryl methyl sites for hydroxylation is 1. The normalized spacial score (nSPS) is 12.8. The molecule has 5 nitrogen and oxygen atoms in total. The van der Waals surface area contributed by atoms with Crippen molar-refractivity contribution in [1.29, 1.82) is 0 Å². The molecule has 1 aromatic rings. The van der Waals surface area contributed by atoms with Crippen molar-refractivity contribution in [2.75, 3.05) is 0 Å². The van der Waals surface area contributed by atoms with Crippen molar-refractivity contribution in [2.24, 2.45) is 0 Å². The van der Waals surface area contributed by atoms with Gasteiger partial charge < -0.3 is 5.11 Å². The summed E-state index contributed by atoms with van der Waals surface area (Å²) in [6.07, 6.45) is 1.27. The van der Waals surface area contributed by atoms with Crippen LogP contribution in [-0.4, -0.2) is 32.0 Å². The molecule has 0 aliphatic carbocycles. The minimum absolute atomic E-state index is 0.335. The predicted molar refractivity (Wildman–Crippen MR) is 46.3 cm³/mol. The molecule has 0 saturated heterocycles. The predicted octanol–water partition coefficient (Wildman–Crippen LogP) is 0.252. The van der Waals surface area contributed by atoms with E-state index in [0.29, 0.717) is 12.2 Å². The third-order valence-corrected chi connectivity index (χ3v) is 1.69. The molecule has 0 aromatic carbocycles. The third-order valence-electron chi connectivity index (χ3n) is 1.69. The van der Waals surface area contributed by atoms with E-state index in [9.17, 15) is 4.79 Å². The number of carbonyl (C=O) groups is 1. The Bertz CT molecular complexity index is 293. The fourth-order valence-electron chi connectivity index (χ4n) is 1.04. The van der Waals surface area contributed by atoms with Crippen molar-refractivity contribution < 1.29 is 9.90 Å². The number of hydrogen-bond donors (Lipinski definition) is 1. The van der Waals surface area contributed by atoms with Gasteiger partial charge in [-0.3, -0.25) is 4.79 Å². The van der Waals surface area contributed by atoms with Crippen molar-refractivity contribution in [3.8, 4) is 0 Å². The van der Waals surface area contributed by atoms with Crippen LogP contribution in [0.5, 0.6) is 0 Å². The van der Waals surface area contributed by atoms with Gasteiger partial charge in [-0.1, -0.05) is 12.1 Å². The smallest absolute Gasteiger partial charge is 0.210 e. The monoisotopic (exact) mass is 183 g/mol. The maximum absolute atomic E-state index is 11.4. The van der Waals surface area contributed by atoms with E-state index >= 15 is 0 Å². The molecule has 0 bridgehead atoms. The van der Waals surface area contributed by atoms with Gasteiger partial charge in [0.05, 0.1) is 6.20 Å². The van der Waals surface area contributed by atoms with E-state index in [-0.39, 0.29) is 5.78 Å². The summed E-state index contributed by atoms with van der Waals surface area (Å²) in [7, 11) is 0. The summed E-state index contributed by atoms with van der Waals surface area (Å²) in [6, 6.07) is 0. The lowest BCUT2D eigenvalue weighted by Crippen LogP contribution is -2.20.